The molecule has 0 saturated heterocycles. The average Bonchev–Trinajstić information content (AvgIpc) is 2.96. The first-order chi connectivity index (χ1) is 11.8. The van der Waals surface area contributed by atoms with E-state index in [1.54, 1.807) is 24.3 Å². The molecule has 2 rings (SSSR count). The van der Waals surface area contributed by atoms with Crippen LogP contribution in [0.4, 0.5) is 0 Å². The lowest BCUT2D eigenvalue weighted by Gasteiger charge is -2.18. The number of rotatable bonds is 6. The highest BCUT2D eigenvalue weighted by Gasteiger charge is 2.24. The number of aromatic nitrogens is 2. The van der Waals surface area contributed by atoms with Gasteiger partial charge in [0, 0.05) is 5.02 Å². The molecule has 0 aliphatic heterocycles. The summed E-state index contributed by atoms with van der Waals surface area (Å²) in [5.41, 5.74) is 1.83. The fourth-order valence-corrected chi connectivity index (χ4v) is 3.24. The summed E-state index contributed by atoms with van der Waals surface area (Å²) >= 11 is 9.31. The van der Waals surface area contributed by atoms with E-state index in [4.69, 9.17) is 16.3 Å². The van der Waals surface area contributed by atoms with Crippen molar-refractivity contribution >= 4 is 39.4 Å². The lowest BCUT2D eigenvalue weighted by molar-refractivity contribution is -0.141. The lowest BCUT2D eigenvalue weighted by Crippen LogP contribution is -2.31. The number of nitrogens with zero attached hydrogens (tertiary/aromatic N) is 1. The maximum Gasteiger partial charge on any atom is 0.307 e. The van der Waals surface area contributed by atoms with Gasteiger partial charge >= 0.3 is 5.97 Å². The molecule has 8 heteroatoms. The third kappa shape index (κ3) is 4.83. The van der Waals surface area contributed by atoms with Crippen LogP contribution in [0.1, 0.15) is 54.0 Å². The molecule has 1 aromatic heterocycles. The maximum absolute atomic E-state index is 12.6. The zero-order valence-corrected chi connectivity index (χ0v) is 16.4. The third-order valence-corrected chi connectivity index (χ3v) is 4.76. The van der Waals surface area contributed by atoms with Crippen molar-refractivity contribution in [2.75, 3.05) is 7.11 Å². The minimum Gasteiger partial charge on any atom is -0.469 e. The first-order valence-corrected chi connectivity index (χ1v) is 8.87. The molecule has 0 aliphatic carbocycles. The number of halogens is 2. The number of methoxy groups -OCH3 is 1. The Hall–Kier alpha value is -1.86. The van der Waals surface area contributed by atoms with E-state index >= 15 is 0 Å². The number of carbonyl (C=O) groups excluding carboxylic acids is 2. The summed E-state index contributed by atoms with van der Waals surface area (Å²) in [6.45, 7) is 3.99. The van der Waals surface area contributed by atoms with Crippen molar-refractivity contribution in [2.24, 2.45) is 0 Å². The van der Waals surface area contributed by atoms with E-state index in [1.807, 2.05) is 13.8 Å². The smallest absolute Gasteiger partial charge is 0.307 e. The Morgan fingerprint density at radius 3 is 2.48 bits per heavy atom. The monoisotopic (exact) mass is 427 g/mol. The van der Waals surface area contributed by atoms with Gasteiger partial charge in [-0.15, -0.1) is 0 Å². The van der Waals surface area contributed by atoms with Crippen LogP contribution in [-0.2, 0) is 9.53 Å². The summed E-state index contributed by atoms with van der Waals surface area (Å²) in [7, 11) is 1.31. The lowest BCUT2D eigenvalue weighted by atomic mass is 10.0. The highest BCUT2D eigenvalue weighted by molar-refractivity contribution is 9.10. The summed E-state index contributed by atoms with van der Waals surface area (Å²) < 4.78 is 5.34. The zero-order chi connectivity index (χ0) is 18.6. The van der Waals surface area contributed by atoms with Gasteiger partial charge in [0.05, 0.1) is 29.7 Å². The Morgan fingerprint density at radius 2 is 1.96 bits per heavy atom. The van der Waals surface area contributed by atoms with Crippen LogP contribution < -0.4 is 5.32 Å². The summed E-state index contributed by atoms with van der Waals surface area (Å²) in [6, 6.07) is 6.37. The Kier molecular flexibility index (Phi) is 6.61. The molecule has 2 N–H and O–H groups in total. The summed E-state index contributed by atoms with van der Waals surface area (Å²) in [6.07, 6.45) is 0.00293. The van der Waals surface area contributed by atoms with Crippen molar-refractivity contribution in [3.8, 4) is 0 Å². The largest absolute Gasteiger partial charge is 0.469 e. The van der Waals surface area contributed by atoms with E-state index in [9.17, 15) is 9.59 Å². The Morgan fingerprint density at radius 1 is 1.32 bits per heavy atom. The van der Waals surface area contributed by atoms with Gasteiger partial charge in [-0.3, -0.25) is 14.7 Å². The van der Waals surface area contributed by atoms with Gasteiger partial charge < -0.3 is 10.1 Å². The number of nitrogens with one attached hydrogen (secondary N) is 2. The normalized spacial score (nSPS) is 12.1. The van der Waals surface area contributed by atoms with E-state index < -0.39 is 12.0 Å². The predicted molar refractivity (Wildman–Crippen MR) is 98.7 cm³/mol. The van der Waals surface area contributed by atoms with Crippen molar-refractivity contribution in [3.63, 3.8) is 0 Å². The molecule has 0 saturated carbocycles. The Labute approximate surface area is 159 Å². The Balaban J connectivity index is 2.25. The van der Waals surface area contributed by atoms with Gasteiger partial charge in [-0.05, 0) is 39.5 Å². The molecule has 25 heavy (non-hydrogen) atoms. The second-order valence-corrected chi connectivity index (χ2v) is 7.04. The molecule has 1 amide bonds. The number of amides is 1. The predicted octanol–water partition coefficient (Wildman–Crippen LogP) is 3.98. The second-order valence-electron chi connectivity index (χ2n) is 5.81. The minimum atomic E-state index is -0.552. The molecule has 134 valence electrons. The first-order valence-electron chi connectivity index (χ1n) is 7.70. The van der Waals surface area contributed by atoms with Crippen LogP contribution in [0, 0.1) is 0 Å². The number of hydrogen-bond donors (Lipinski definition) is 2. The highest BCUT2D eigenvalue weighted by atomic mass is 79.9. The molecule has 0 radical (unpaired) electrons. The molecule has 1 heterocycles. The van der Waals surface area contributed by atoms with Gasteiger partial charge in [-0.25, -0.2) is 0 Å². The highest BCUT2D eigenvalue weighted by Crippen LogP contribution is 2.27. The van der Waals surface area contributed by atoms with Crippen molar-refractivity contribution in [1.82, 2.24) is 15.5 Å². The van der Waals surface area contributed by atoms with Crippen LogP contribution in [0.5, 0.6) is 0 Å². The van der Waals surface area contributed by atoms with E-state index in [-0.39, 0.29) is 23.9 Å². The minimum absolute atomic E-state index is 0.00293. The van der Waals surface area contributed by atoms with Gasteiger partial charge in [0.2, 0.25) is 0 Å². The van der Waals surface area contributed by atoms with Gasteiger partial charge in [0.25, 0.3) is 5.91 Å². The fraction of sp³-hybridized carbons (Fsp3) is 0.353. The average molecular weight is 429 g/mol. The molecular weight excluding hydrogens is 410 g/mol. The zero-order valence-electron chi connectivity index (χ0n) is 14.1. The third-order valence-electron chi connectivity index (χ3n) is 3.70. The second kappa shape index (κ2) is 8.49. The van der Waals surface area contributed by atoms with E-state index in [2.05, 4.69) is 31.4 Å². The number of esters is 1. The number of benzene rings is 1. The summed E-state index contributed by atoms with van der Waals surface area (Å²) in [5.74, 6) is -0.631. The van der Waals surface area contributed by atoms with E-state index in [1.165, 1.54) is 7.11 Å². The SMILES string of the molecule is COC(=O)CC(NC(=O)c1n[nH]c(C(C)C)c1Br)c1ccc(Cl)cc1. The van der Waals surface area contributed by atoms with Gasteiger partial charge in [0.1, 0.15) is 0 Å². The Bertz CT molecular complexity index is 759. The molecule has 0 aliphatic rings. The molecule has 1 unspecified atom stereocenters. The molecule has 0 spiro atoms. The topological polar surface area (TPSA) is 84.1 Å². The van der Waals surface area contributed by atoms with Crippen LogP contribution in [0.25, 0.3) is 0 Å². The number of aromatic amines is 1. The number of hydrogen-bond acceptors (Lipinski definition) is 4. The van der Waals surface area contributed by atoms with Gasteiger partial charge in [-0.1, -0.05) is 37.6 Å². The first kappa shape index (κ1) is 19.5. The van der Waals surface area contributed by atoms with Crippen molar-refractivity contribution in [3.05, 3.63) is 50.7 Å². The molecule has 1 atom stereocenters. The van der Waals surface area contributed by atoms with Gasteiger partial charge in [-0.2, -0.15) is 5.10 Å². The molecule has 0 bridgehead atoms. The van der Waals surface area contributed by atoms with E-state index in [0.29, 0.717) is 9.50 Å². The van der Waals surface area contributed by atoms with Gasteiger partial charge in [0.15, 0.2) is 5.69 Å². The van der Waals surface area contributed by atoms with Crippen molar-refractivity contribution in [2.45, 2.75) is 32.2 Å². The van der Waals surface area contributed by atoms with Crippen molar-refractivity contribution < 1.29 is 14.3 Å². The van der Waals surface area contributed by atoms with Crippen LogP contribution in [0.3, 0.4) is 0 Å². The van der Waals surface area contributed by atoms with E-state index in [0.717, 1.165) is 11.3 Å². The molecule has 6 nitrogen and oxygen atoms in total. The number of carbonyl (C=O) groups is 2. The summed E-state index contributed by atoms with van der Waals surface area (Å²) in [4.78, 5) is 24.3. The quantitative estimate of drug-likeness (QED) is 0.682. The molecular formula is C17H19BrClN3O3. The van der Waals surface area contributed by atoms with Crippen LogP contribution in [0.2, 0.25) is 5.02 Å². The molecule has 0 fully saturated rings. The summed E-state index contributed by atoms with van der Waals surface area (Å²) in [5, 5.41) is 10.3. The fourth-order valence-electron chi connectivity index (χ4n) is 2.30. The molecule has 2 aromatic rings. The van der Waals surface area contributed by atoms with Crippen LogP contribution in [0.15, 0.2) is 28.7 Å². The maximum atomic E-state index is 12.6. The van der Waals surface area contributed by atoms with Crippen LogP contribution in [-0.4, -0.2) is 29.2 Å². The molecule has 1 aromatic carbocycles. The number of H-pyrrole nitrogens is 1. The van der Waals surface area contributed by atoms with Crippen molar-refractivity contribution in [1.29, 1.82) is 0 Å². The van der Waals surface area contributed by atoms with Crippen LogP contribution >= 0.6 is 27.5 Å². The number of ether oxygens (including phenoxy) is 1. The standard InChI is InChI=1S/C17H19BrClN3O3/c1-9(2)15-14(18)16(22-21-15)17(24)20-12(8-13(23)25-3)10-4-6-11(19)7-5-10/h4-7,9,12H,8H2,1-3H3,(H,20,24)(H,21,22).